The van der Waals surface area contributed by atoms with Crippen molar-refractivity contribution >= 4 is 5.97 Å². The van der Waals surface area contributed by atoms with Gasteiger partial charge in [-0.3, -0.25) is 4.79 Å². The lowest BCUT2D eigenvalue weighted by atomic mass is 10.0. The zero-order chi connectivity index (χ0) is 21.0. The lowest BCUT2D eigenvalue weighted by Gasteiger charge is -2.05. The first-order valence-corrected chi connectivity index (χ1v) is 13.1. The van der Waals surface area contributed by atoms with Crippen LogP contribution in [0.15, 0.2) is 0 Å². The number of hydrogen-bond donors (Lipinski definition) is 0. The Labute approximate surface area is 181 Å². The van der Waals surface area contributed by atoms with Crippen molar-refractivity contribution in [1.29, 1.82) is 0 Å². The number of unbranched alkanes of at least 4 members (excludes halogenated alkanes) is 14. The van der Waals surface area contributed by atoms with Gasteiger partial charge in [-0.25, -0.2) is 0 Å². The summed E-state index contributed by atoms with van der Waals surface area (Å²) in [7, 11) is 0. The van der Waals surface area contributed by atoms with Gasteiger partial charge in [0, 0.05) is 6.42 Å². The minimum Gasteiger partial charge on any atom is -0.466 e. The van der Waals surface area contributed by atoms with Gasteiger partial charge in [-0.2, -0.15) is 0 Å². The van der Waals surface area contributed by atoms with Gasteiger partial charge in [-0.05, 0) is 25.7 Å². The second kappa shape index (κ2) is 19.4. The molecule has 0 spiro atoms. The summed E-state index contributed by atoms with van der Waals surface area (Å²) in [6.07, 6.45) is 25.8. The van der Waals surface area contributed by atoms with Gasteiger partial charge in [0.2, 0.25) is 0 Å². The fourth-order valence-corrected chi connectivity index (χ4v) is 4.10. The summed E-state index contributed by atoms with van der Waals surface area (Å²) in [4.78, 5) is 11.7. The topological polar surface area (TPSA) is 38.8 Å². The maximum atomic E-state index is 11.7. The molecule has 0 aromatic rings. The van der Waals surface area contributed by atoms with E-state index in [1.807, 2.05) is 0 Å². The van der Waals surface area contributed by atoms with E-state index in [1.165, 1.54) is 103 Å². The van der Waals surface area contributed by atoms with Crippen molar-refractivity contribution < 1.29 is 14.3 Å². The molecule has 3 nitrogen and oxygen atoms in total. The van der Waals surface area contributed by atoms with Crippen LogP contribution in [0, 0.1) is 0 Å². The molecule has 1 saturated heterocycles. The molecule has 0 aromatic carbocycles. The second-order valence-corrected chi connectivity index (χ2v) is 9.06. The van der Waals surface area contributed by atoms with E-state index in [9.17, 15) is 4.79 Å². The molecule has 1 aliphatic rings. The van der Waals surface area contributed by atoms with Crippen LogP contribution in [-0.2, 0) is 14.3 Å². The Balaban J connectivity index is 1.75. The van der Waals surface area contributed by atoms with E-state index in [2.05, 4.69) is 13.8 Å². The SMILES string of the molecule is CCCCCCCCOC(=O)CCCCCCC[C@H]1O[C@@H]1CCCCCCCC. The minimum absolute atomic E-state index is 0.00229. The largest absolute Gasteiger partial charge is 0.466 e. The lowest BCUT2D eigenvalue weighted by Crippen LogP contribution is -2.05. The third kappa shape index (κ3) is 16.9. The van der Waals surface area contributed by atoms with E-state index in [0.717, 1.165) is 19.3 Å². The maximum Gasteiger partial charge on any atom is 0.305 e. The summed E-state index contributed by atoms with van der Waals surface area (Å²) < 4.78 is 11.1. The molecule has 0 unspecified atom stereocenters. The first-order chi connectivity index (χ1) is 14.3. The molecule has 1 aliphatic heterocycles. The highest BCUT2D eigenvalue weighted by molar-refractivity contribution is 5.69. The second-order valence-electron chi connectivity index (χ2n) is 9.06. The van der Waals surface area contributed by atoms with Crippen LogP contribution in [0.4, 0.5) is 0 Å². The predicted octanol–water partition coefficient (Wildman–Crippen LogP) is 8.14. The summed E-state index contributed by atoms with van der Waals surface area (Å²) in [5.74, 6) is 0.00229. The average molecular weight is 411 g/mol. The fraction of sp³-hybridized carbons (Fsp3) is 0.962. The van der Waals surface area contributed by atoms with Crippen molar-refractivity contribution in [3.05, 3.63) is 0 Å². The molecule has 1 heterocycles. The summed E-state index contributed by atoms with van der Waals surface area (Å²) in [5.41, 5.74) is 0. The normalized spacial score (nSPS) is 18.1. The number of hydrogen-bond acceptors (Lipinski definition) is 3. The molecule has 2 atom stereocenters. The molecule has 0 aromatic heterocycles. The van der Waals surface area contributed by atoms with Crippen molar-refractivity contribution in [3.8, 4) is 0 Å². The Morgan fingerprint density at radius 1 is 0.621 bits per heavy atom. The van der Waals surface area contributed by atoms with Gasteiger partial charge >= 0.3 is 5.97 Å². The van der Waals surface area contributed by atoms with Crippen LogP contribution in [-0.4, -0.2) is 24.8 Å². The number of rotatable bonds is 22. The zero-order valence-electron chi connectivity index (χ0n) is 19.7. The molecule has 0 amide bonds. The van der Waals surface area contributed by atoms with Crippen molar-refractivity contribution in [3.63, 3.8) is 0 Å². The summed E-state index contributed by atoms with van der Waals surface area (Å²) in [6.45, 7) is 5.12. The lowest BCUT2D eigenvalue weighted by molar-refractivity contribution is -0.143. The molecule has 3 heteroatoms. The molecule has 1 rings (SSSR count). The molecule has 1 fully saturated rings. The molecular formula is C26H50O3. The molecule has 0 aliphatic carbocycles. The van der Waals surface area contributed by atoms with Gasteiger partial charge in [0.25, 0.3) is 0 Å². The van der Waals surface area contributed by atoms with Crippen molar-refractivity contribution in [2.75, 3.05) is 6.61 Å². The highest BCUT2D eigenvalue weighted by Gasteiger charge is 2.36. The highest BCUT2D eigenvalue weighted by Crippen LogP contribution is 2.31. The molecule has 0 saturated carbocycles. The van der Waals surface area contributed by atoms with Gasteiger partial charge in [0.1, 0.15) is 0 Å². The number of carbonyl (C=O) groups is 1. The Morgan fingerprint density at radius 3 is 1.62 bits per heavy atom. The third-order valence-corrected chi connectivity index (χ3v) is 6.16. The Hall–Kier alpha value is -0.570. The zero-order valence-corrected chi connectivity index (χ0v) is 19.7. The van der Waals surface area contributed by atoms with Gasteiger partial charge in [0.15, 0.2) is 0 Å². The van der Waals surface area contributed by atoms with E-state index in [-0.39, 0.29) is 5.97 Å². The molecule has 0 radical (unpaired) electrons. The minimum atomic E-state index is 0.00229. The smallest absolute Gasteiger partial charge is 0.305 e. The van der Waals surface area contributed by atoms with Crippen molar-refractivity contribution in [1.82, 2.24) is 0 Å². The van der Waals surface area contributed by atoms with E-state index < -0.39 is 0 Å². The monoisotopic (exact) mass is 410 g/mol. The van der Waals surface area contributed by atoms with E-state index >= 15 is 0 Å². The van der Waals surface area contributed by atoms with E-state index in [4.69, 9.17) is 9.47 Å². The van der Waals surface area contributed by atoms with Crippen LogP contribution >= 0.6 is 0 Å². The Bertz CT molecular complexity index is 369. The van der Waals surface area contributed by atoms with Crippen LogP contribution in [0.25, 0.3) is 0 Å². The first kappa shape index (κ1) is 26.5. The standard InChI is InChI=1S/C26H50O3/c1-3-5-7-9-12-16-20-24-25(29-24)21-17-13-11-14-18-22-26(27)28-23-19-15-10-8-6-4-2/h24-25H,3-23H2,1-2H3/t24-,25-/m1/s1. The van der Waals surface area contributed by atoms with Crippen molar-refractivity contribution in [2.45, 2.75) is 154 Å². The van der Waals surface area contributed by atoms with Gasteiger partial charge in [-0.15, -0.1) is 0 Å². The Kier molecular flexibility index (Phi) is 17.7. The van der Waals surface area contributed by atoms with Crippen LogP contribution in [0.1, 0.15) is 142 Å². The van der Waals surface area contributed by atoms with Crippen LogP contribution in [0.5, 0.6) is 0 Å². The van der Waals surface area contributed by atoms with Crippen LogP contribution in [0.3, 0.4) is 0 Å². The Morgan fingerprint density at radius 2 is 1.07 bits per heavy atom. The maximum absolute atomic E-state index is 11.7. The quantitative estimate of drug-likeness (QED) is 0.103. The van der Waals surface area contributed by atoms with Gasteiger partial charge in [0.05, 0.1) is 18.8 Å². The van der Waals surface area contributed by atoms with Gasteiger partial charge in [-0.1, -0.05) is 110 Å². The highest BCUT2D eigenvalue weighted by atomic mass is 16.6. The number of ether oxygens (including phenoxy) is 2. The predicted molar refractivity (Wildman–Crippen MR) is 123 cm³/mol. The van der Waals surface area contributed by atoms with Gasteiger partial charge < -0.3 is 9.47 Å². The van der Waals surface area contributed by atoms with E-state index in [1.54, 1.807) is 0 Å². The number of epoxide rings is 1. The first-order valence-electron chi connectivity index (χ1n) is 13.1. The molecule has 0 bridgehead atoms. The molecule has 29 heavy (non-hydrogen) atoms. The summed E-state index contributed by atoms with van der Waals surface area (Å²) in [5, 5.41) is 0. The third-order valence-electron chi connectivity index (χ3n) is 6.16. The van der Waals surface area contributed by atoms with Crippen LogP contribution < -0.4 is 0 Å². The summed E-state index contributed by atoms with van der Waals surface area (Å²) in [6, 6.07) is 0. The molecule has 0 N–H and O–H groups in total. The van der Waals surface area contributed by atoms with E-state index in [0.29, 0.717) is 25.2 Å². The number of esters is 1. The van der Waals surface area contributed by atoms with Crippen molar-refractivity contribution in [2.24, 2.45) is 0 Å². The summed E-state index contributed by atoms with van der Waals surface area (Å²) >= 11 is 0. The molecule has 172 valence electrons. The fourth-order valence-electron chi connectivity index (χ4n) is 4.10. The number of carbonyl (C=O) groups excluding carboxylic acids is 1. The molecular weight excluding hydrogens is 360 g/mol. The average Bonchev–Trinajstić information content (AvgIpc) is 3.47. The van der Waals surface area contributed by atoms with Crippen LogP contribution in [0.2, 0.25) is 0 Å².